The lowest BCUT2D eigenvalue weighted by atomic mass is 9.92. The van der Waals surface area contributed by atoms with Gasteiger partial charge in [0.15, 0.2) is 0 Å². The van der Waals surface area contributed by atoms with E-state index in [0.717, 1.165) is 48.5 Å². The van der Waals surface area contributed by atoms with Crippen LogP contribution in [0, 0.1) is 11.8 Å². The van der Waals surface area contributed by atoms with Crippen molar-refractivity contribution >= 4 is 22.8 Å². The van der Waals surface area contributed by atoms with Gasteiger partial charge in [0.25, 0.3) is 5.56 Å². The molecular weight excluding hydrogens is 400 g/mol. The van der Waals surface area contributed by atoms with Crippen molar-refractivity contribution < 1.29 is 4.79 Å². The van der Waals surface area contributed by atoms with Crippen LogP contribution in [0.4, 0.5) is 0 Å². The minimum absolute atomic E-state index is 0.0906. The predicted octanol–water partition coefficient (Wildman–Crippen LogP) is 2.10. The first-order valence-corrected chi connectivity index (χ1v) is 11.4. The molecule has 4 rings (SSSR count). The molecule has 0 spiro atoms. The van der Waals surface area contributed by atoms with Crippen LogP contribution in [0.15, 0.2) is 34.7 Å². The zero-order chi connectivity index (χ0) is 21.1. The summed E-state index contributed by atoms with van der Waals surface area (Å²) in [4.78, 5) is 28.5. The molecule has 3 aromatic rings. The van der Waals surface area contributed by atoms with Crippen LogP contribution in [-0.2, 0) is 11.3 Å². The third kappa shape index (κ3) is 4.79. The van der Waals surface area contributed by atoms with Gasteiger partial charge in [-0.2, -0.15) is 10.2 Å². The fraction of sp³-hybridized carbons (Fsp3) is 0.524. The fourth-order valence-electron chi connectivity index (χ4n) is 4.29. The molecule has 3 aromatic heterocycles. The van der Waals surface area contributed by atoms with E-state index >= 15 is 0 Å². The van der Waals surface area contributed by atoms with Crippen molar-refractivity contribution in [1.82, 2.24) is 29.6 Å². The SMILES string of the molecule is C[C@@H]1C[C@@H](C)CN(CCCNC(=O)Cn2ncn3nc(-c4cccs4)cc3c2=O)C1. The molecule has 4 heterocycles. The topological polar surface area (TPSA) is 84.5 Å². The second-order valence-electron chi connectivity index (χ2n) is 8.34. The largest absolute Gasteiger partial charge is 0.354 e. The van der Waals surface area contributed by atoms with Gasteiger partial charge < -0.3 is 10.2 Å². The molecule has 8 nitrogen and oxygen atoms in total. The third-order valence-electron chi connectivity index (χ3n) is 5.47. The Morgan fingerprint density at radius 1 is 1.30 bits per heavy atom. The van der Waals surface area contributed by atoms with E-state index in [-0.39, 0.29) is 18.0 Å². The molecule has 1 aliphatic heterocycles. The van der Waals surface area contributed by atoms with E-state index in [1.165, 1.54) is 21.9 Å². The van der Waals surface area contributed by atoms with E-state index in [4.69, 9.17) is 0 Å². The molecule has 0 radical (unpaired) electrons. The number of fused-ring (bicyclic) bond motifs is 1. The van der Waals surface area contributed by atoms with E-state index in [1.807, 2.05) is 17.5 Å². The minimum Gasteiger partial charge on any atom is -0.354 e. The number of amides is 1. The van der Waals surface area contributed by atoms with Crippen LogP contribution in [0.25, 0.3) is 16.1 Å². The number of thiophene rings is 1. The van der Waals surface area contributed by atoms with Crippen molar-refractivity contribution in [2.75, 3.05) is 26.2 Å². The summed E-state index contributed by atoms with van der Waals surface area (Å²) in [6.07, 6.45) is 3.67. The number of nitrogens with one attached hydrogen (secondary N) is 1. The fourth-order valence-corrected chi connectivity index (χ4v) is 4.97. The maximum absolute atomic E-state index is 12.7. The molecule has 0 aliphatic carbocycles. The molecule has 0 unspecified atom stereocenters. The molecule has 1 N–H and O–H groups in total. The maximum Gasteiger partial charge on any atom is 0.293 e. The van der Waals surface area contributed by atoms with Gasteiger partial charge in [-0.15, -0.1) is 11.3 Å². The first-order valence-electron chi connectivity index (χ1n) is 10.5. The lowest BCUT2D eigenvalue weighted by molar-refractivity contribution is -0.121. The summed E-state index contributed by atoms with van der Waals surface area (Å²) in [5.74, 6) is 1.27. The summed E-state index contributed by atoms with van der Waals surface area (Å²) in [6, 6.07) is 5.64. The Balaban J connectivity index is 1.31. The number of hydrogen-bond acceptors (Lipinski definition) is 6. The van der Waals surface area contributed by atoms with E-state index in [0.29, 0.717) is 12.1 Å². The second-order valence-corrected chi connectivity index (χ2v) is 9.29. The average Bonchev–Trinajstić information content (AvgIpc) is 3.36. The molecule has 1 aliphatic rings. The van der Waals surface area contributed by atoms with E-state index in [2.05, 4.69) is 34.3 Å². The van der Waals surface area contributed by atoms with Gasteiger partial charge in [0.05, 0.1) is 4.88 Å². The summed E-state index contributed by atoms with van der Waals surface area (Å²) < 4.78 is 2.66. The van der Waals surface area contributed by atoms with Crippen LogP contribution in [-0.4, -0.2) is 56.4 Å². The third-order valence-corrected chi connectivity index (χ3v) is 6.37. The van der Waals surface area contributed by atoms with Crippen molar-refractivity contribution in [1.29, 1.82) is 0 Å². The van der Waals surface area contributed by atoms with Crippen molar-refractivity contribution in [2.24, 2.45) is 11.8 Å². The number of hydrogen-bond donors (Lipinski definition) is 1. The molecule has 1 amide bonds. The highest BCUT2D eigenvalue weighted by atomic mass is 32.1. The highest BCUT2D eigenvalue weighted by Crippen LogP contribution is 2.23. The van der Waals surface area contributed by atoms with Gasteiger partial charge in [-0.1, -0.05) is 19.9 Å². The van der Waals surface area contributed by atoms with E-state index < -0.39 is 0 Å². The van der Waals surface area contributed by atoms with E-state index in [9.17, 15) is 9.59 Å². The van der Waals surface area contributed by atoms with Gasteiger partial charge >= 0.3 is 0 Å². The Morgan fingerprint density at radius 3 is 2.83 bits per heavy atom. The summed E-state index contributed by atoms with van der Waals surface area (Å²) >= 11 is 1.56. The monoisotopic (exact) mass is 428 g/mol. The number of aromatic nitrogens is 4. The summed E-state index contributed by atoms with van der Waals surface area (Å²) in [6.45, 7) is 8.37. The zero-order valence-corrected chi connectivity index (χ0v) is 18.3. The number of carbonyl (C=O) groups is 1. The molecule has 0 aromatic carbocycles. The Hall–Kier alpha value is -2.52. The van der Waals surface area contributed by atoms with Gasteiger partial charge in [-0.3, -0.25) is 9.59 Å². The lowest BCUT2D eigenvalue weighted by Crippen LogP contribution is -2.40. The van der Waals surface area contributed by atoms with Gasteiger partial charge in [-0.05, 0) is 48.7 Å². The van der Waals surface area contributed by atoms with Crippen LogP contribution in [0.3, 0.4) is 0 Å². The molecule has 2 atom stereocenters. The minimum atomic E-state index is -0.320. The molecule has 9 heteroatoms. The van der Waals surface area contributed by atoms with Crippen LogP contribution in [0.2, 0.25) is 0 Å². The first kappa shape index (κ1) is 20.7. The Morgan fingerprint density at radius 2 is 2.10 bits per heavy atom. The Bertz CT molecular complexity index is 1050. The highest BCUT2D eigenvalue weighted by molar-refractivity contribution is 7.13. The van der Waals surface area contributed by atoms with Gasteiger partial charge in [-0.25, -0.2) is 9.20 Å². The number of likely N-dealkylation sites (tertiary alicyclic amines) is 1. The van der Waals surface area contributed by atoms with Crippen molar-refractivity contribution in [2.45, 2.75) is 33.2 Å². The summed E-state index contributed by atoms with van der Waals surface area (Å²) in [5, 5.41) is 13.4. The van der Waals surface area contributed by atoms with Gasteiger partial charge in [0.2, 0.25) is 5.91 Å². The normalized spacial score (nSPS) is 19.9. The smallest absolute Gasteiger partial charge is 0.293 e. The lowest BCUT2D eigenvalue weighted by Gasteiger charge is -2.34. The number of piperidine rings is 1. The highest BCUT2D eigenvalue weighted by Gasteiger charge is 2.21. The van der Waals surface area contributed by atoms with Gasteiger partial charge in [0, 0.05) is 19.6 Å². The number of carbonyl (C=O) groups excluding carboxylic acids is 1. The maximum atomic E-state index is 12.7. The Kier molecular flexibility index (Phi) is 6.29. The van der Waals surface area contributed by atoms with Crippen molar-refractivity contribution in [3.8, 4) is 10.6 Å². The predicted molar refractivity (Wildman–Crippen MR) is 118 cm³/mol. The standard InChI is InChI=1S/C21H28N6O2S/c1-15-9-16(2)12-25(11-15)7-4-6-22-20(28)13-26-21(29)18-10-17(19-5-3-8-30-19)24-27(18)14-23-26/h3,5,8,10,14-16H,4,6-7,9,11-13H2,1-2H3,(H,22,28)/t15-,16-/m1/s1. The van der Waals surface area contributed by atoms with Crippen LogP contribution in [0.5, 0.6) is 0 Å². The Labute approximate surface area is 179 Å². The van der Waals surface area contributed by atoms with Crippen molar-refractivity contribution in [3.05, 3.63) is 40.3 Å². The second kappa shape index (κ2) is 9.09. The molecule has 30 heavy (non-hydrogen) atoms. The summed E-state index contributed by atoms with van der Waals surface area (Å²) in [5.41, 5.74) is 0.821. The molecule has 1 fully saturated rings. The zero-order valence-electron chi connectivity index (χ0n) is 17.5. The first-order chi connectivity index (χ1) is 14.5. The molecule has 160 valence electrons. The van der Waals surface area contributed by atoms with Gasteiger partial charge in [0.1, 0.15) is 24.1 Å². The molecule has 0 bridgehead atoms. The number of nitrogens with zero attached hydrogens (tertiary/aromatic N) is 5. The van der Waals surface area contributed by atoms with Crippen LogP contribution < -0.4 is 10.9 Å². The molecule has 1 saturated heterocycles. The number of rotatable bonds is 7. The molecule has 0 saturated carbocycles. The van der Waals surface area contributed by atoms with Crippen molar-refractivity contribution in [3.63, 3.8) is 0 Å². The van der Waals surface area contributed by atoms with E-state index in [1.54, 1.807) is 17.4 Å². The molecular formula is C21H28N6O2S. The quantitative estimate of drug-likeness (QED) is 0.583. The van der Waals surface area contributed by atoms with Crippen LogP contribution in [0.1, 0.15) is 26.7 Å². The van der Waals surface area contributed by atoms with Crippen LogP contribution >= 0.6 is 11.3 Å². The average molecular weight is 429 g/mol. The summed E-state index contributed by atoms with van der Waals surface area (Å²) in [7, 11) is 0.